The van der Waals surface area contributed by atoms with E-state index in [1.54, 1.807) is 44.5 Å². The molecule has 0 aromatic carbocycles. The number of ether oxygens (including phenoxy) is 3. The third-order valence-electron chi connectivity index (χ3n) is 6.52. The molecule has 0 spiro atoms. The molecule has 0 radical (unpaired) electrons. The second kappa shape index (κ2) is 11.7. The molecule has 0 saturated carbocycles. The lowest BCUT2D eigenvalue weighted by Gasteiger charge is -2.42. The van der Waals surface area contributed by atoms with Gasteiger partial charge in [0.25, 0.3) is 0 Å². The molecule has 2 heterocycles. The Balaban J connectivity index is 2.51. The highest BCUT2D eigenvalue weighted by atomic mass is 28.4. The standard InChI is InChI=1S/C28H47N3O6Si/c1-13-34-22-18-31-21(17-20(22)29-25(33)36-26(3,4)5)23(24(32)35-14-2)19(30-31)15-16-28(9,10)37-38(11,12)27(6,7)8/h17-18H,13-16H2,1-12H3,(H,29,33). The van der Waals surface area contributed by atoms with Gasteiger partial charge in [-0.2, -0.15) is 5.10 Å². The first-order chi connectivity index (χ1) is 17.3. The number of nitrogens with one attached hydrogen (secondary N) is 1. The molecule has 214 valence electrons. The second-order valence-corrected chi connectivity index (χ2v) is 17.3. The summed E-state index contributed by atoms with van der Waals surface area (Å²) < 4.78 is 24.9. The van der Waals surface area contributed by atoms with Crippen molar-refractivity contribution >= 4 is 31.6 Å². The topological polar surface area (TPSA) is 100 Å². The maximum Gasteiger partial charge on any atom is 0.412 e. The smallest absolute Gasteiger partial charge is 0.412 e. The van der Waals surface area contributed by atoms with E-state index in [-0.39, 0.29) is 11.6 Å². The van der Waals surface area contributed by atoms with Crippen LogP contribution in [0.15, 0.2) is 12.3 Å². The summed E-state index contributed by atoms with van der Waals surface area (Å²) in [4.78, 5) is 25.6. The van der Waals surface area contributed by atoms with Crippen molar-refractivity contribution in [2.75, 3.05) is 18.5 Å². The zero-order chi connectivity index (χ0) is 29.1. The van der Waals surface area contributed by atoms with E-state index in [0.29, 0.717) is 47.7 Å². The molecular formula is C28H47N3O6Si. The zero-order valence-electron chi connectivity index (χ0n) is 25.3. The normalized spacial score (nSPS) is 12.9. The number of carbonyl (C=O) groups excluding carboxylic acids is 2. The van der Waals surface area contributed by atoms with E-state index in [4.69, 9.17) is 23.7 Å². The van der Waals surface area contributed by atoms with Gasteiger partial charge in [-0.3, -0.25) is 5.32 Å². The van der Waals surface area contributed by atoms with Gasteiger partial charge in [0.15, 0.2) is 14.1 Å². The number of rotatable bonds is 10. The molecule has 9 nitrogen and oxygen atoms in total. The summed E-state index contributed by atoms with van der Waals surface area (Å²) in [5.41, 5.74) is 0.782. The van der Waals surface area contributed by atoms with Gasteiger partial charge in [-0.1, -0.05) is 20.8 Å². The molecule has 1 N–H and O–H groups in total. The van der Waals surface area contributed by atoms with Crippen LogP contribution in [0.3, 0.4) is 0 Å². The van der Waals surface area contributed by atoms with E-state index in [0.717, 1.165) is 0 Å². The van der Waals surface area contributed by atoms with Crippen molar-refractivity contribution < 1.29 is 28.2 Å². The lowest BCUT2D eigenvalue weighted by Crippen LogP contribution is -2.47. The molecule has 0 bridgehead atoms. The van der Waals surface area contributed by atoms with Crippen molar-refractivity contribution in [3.05, 3.63) is 23.5 Å². The van der Waals surface area contributed by atoms with Crippen molar-refractivity contribution in [3.63, 3.8) is 0 Å². The first-order valence-corrected chi connectivity index (χ1v) is 16.3. The van der Waals surface area contributed by atoms with Crippen LogP contribution in [0.5, 0.6) is 5.75 Å². The monoisotopic (exact) mass is 549 g/mol. The fourth-order valence-corrected chi connectivity index (χ4v) is 5.61. The first-order valence-electron chi connectivity index (χ1n) is 13.4. The number of nitrogens with zero attached hydrogens (tertiary/aromatic N) is 2. The molecule has 2 rings (SSSR count). The lowest BCUT2D eigenvalue weighted by atomic mass is 9.99. The predicted octanol–water partition coefficient (Wildman–Crippen LogP) is 6.99. The van der Waals surface area contributed by atoms with Crippen molar-refractivity contribution in [1.82, 2.24) is 9.61 Å². The Bertz CT molecular complexity index is 1140. The summed E-state index contributed by atoms with van der Waals surface area (Å²) in [5, 5.41) is 7.57. The lowest BCUT2D eigenvalue weighted by molar-refractivity contribution is 0.0524. The molecular weight excluding hydrogens is 502 g/mol. The Morgan fingerprint density at radius 2 is 1.66 bits per heavy atom. The van der Waals surface area contributed by atoms with Crippen LogP contribution in [-0.4, -0.2) is 54.4 Å². The minimum atomic E-state index is -2.00. The quantitative estimate of drug-likeness (QED) is 0.252. The van der Waals surface area contributed by atoms with Gasteiger partial charge in [-0.15, -0.1) is 0 Å². The Hall–Kier alpha value is -2.59. The number of carbonyl (C=O) groups is 2. The van der Waals surface area contributed by atoms with Crippen molar-refractivity contribution in [1.29, 1.82) is 0 Å². The summed E-state index contributed by atoms with van der Waals surface area (Å²) in [7, 11) is -2.00. The van der Waals surface area contributed by atoms with E-state index in [2.05, 4.69) is 53.0 Å². The number of hydrogen-bond donors (Lipinski definition) is 1. The van der Waals surface area contributed by atoms with Gasteiger partial charge >= 0.3 is 12.1 Å². The van der Waals surface area contributed by atoms with E-state index in [9.17, 15) is 9.59 Å². The third kappa shape index (κ3) is 8.20. The van der Waals surface area contributed by atoms with Gasteiger partial charge in [0.2, 0.25) is 0 Å². The van der Waals surface area contributed by atoms with Crippen LogP contribution in [0.1, 0.15) is 91.7 Å². The average Bonchev–Trinajstić information content (AvgIpc) is 3.07. The number of fused-ring (bicyclic) bond motifs is 1. The summed E-state index contributed by atoms with van der Waals surface area (Å²) in [6.45, 7) is 24.9. The van der Waals surface area contributed by atoms with Crippen molar-refractivity contribution in [2.45, 2.75) is 111 Å². The average molecular weight is 550 g/mol. The molecule has 0 aliphatic heterocycles. The maximum absolute atomic E-state index is 13.1. The van der Waals surface area contributed by atoms with Gasteiger partial charge in [0.05, 0.1) is 41.9 Å². The van der Waals surface area contributed by atoms with Gasteiger partial charge in [0.1, 0.15) is 11.2 Å². The van der Waals surface area contributed by atoms with Crippen molar-refractivity contribution in [2.24, 2.45) is 0 Å². The van der Waals surface area contributed by atoms with Crippen LogP contribution in [0.25, 0.3) is 5.52 Å². The van der Waals surface area contributed by atoms with E-state index < -0.39 is 31.6 Å². The number of aryl methyl sites for hydroxylation is 1. The fraction of sp³-hybridized carbons (Fsp3) is 0.679. The number of esters is 1. The largest absolute Gasteiger partial charge is 0.490 e. The SMILES string of the molecule is CCOC(=O)c1c(CCC(C)(C)O[Si](C)(C)C(C)(C)C)nn2cc(OCC)c(NC(=O)OC(C)(C)C)cc12. The number of hydrogen-bond acceptors (Lipinski definition) is 7. The van der Waals surface area contributed by atoms with E-state index >= 15 is 0 Å². The first kappa shape index (κ1) is 31.6. The van der Waals surface area contributed by atoms with E-state index in [1.165, 1.54) is 0 Å². The Morgan fingerprint density at radius 3 is 2.18 bits per heavy atom. The highest BCUT2D eigenvalue weighted by Crippen LogP contribution is 2.40. The van der Waals surface area contributed by atoms with Crippen LogP contribution in [0.2, 0.25) is 18.1 Å². The molecule has 2 aromatic heterocycles. The third-order valence-corrected chi connectivity index (χ3v) is 11.2. The number of amides is 1. The Labute approximate surface area is 228 Å². The molecule has 0 aliphatic carbocycles. The van der Waals surface area contributed by atoms with Gasteiger partial charge in [-0.05, 0) is 85.5 Å². The molecule has 1 amide bonds. The summed E-state index contributed by atoms with van der Waals surface area (Å²) >= 11 is 0. The Morgan fingerprint density at radius 1 is 1.03 bits per heavy atom. The highest BCUT2D eigenvalue weighted by molar-refractivity contribution is 6.74. The zero-order valence-corrected chi connectivity index (χ0v) is 26.3. The minimum absolute atomic E-state index is 0.0800. The minimum Gasteiger partial charge on any atom is -0.490 e. The number of aromatic nitrogens is 2. The van der Waals surface area contributed by atoms with E-state index in [1.807, 2.05) is 6.92 Å². The van der Waals surface area contributed by atoms with Crippen molar-refractivity contribution in [3.8, 4) is 5.75 Å². The number of pyridine rings is 1. The maximum atomic E-state index is 13.1. The summed E-state index contributed by atoms with van der Waals surface area (Å²) in [6, 6.07) is 1.68. The van der Waals surface area contributed by atoms with Gasteiger partial charge in [0, 0.05) is 0 Å². The molecule has 0 saturated heterocycles. The molecule has 2 aromatic rings. The molecule has 10 heteroatoms. The molecule has 38 heavy (non-hydrogen) atoms. The highest BCUT2D eigenvalue weighted by Gasteiger charge is 2.41. The van der Waals surface area contributed by atoms with Gasteiger partial charge < -0.3 is 18.6 Å². The number of anilines is 1. The second-order valence-electron chi connectivity index (χ2n) is 12.6. The van der Waals surface area contributed by atoms with Gasteiger partial charge in [-0.25, -0.2) is 14.1 Å². The summed E-state index contributed by atoms with van der Waals surface area (Å²) in [6.07, 6.45) is 2.22. The van der Waals surface area contributed by atoms with Crippen LogP contribution in [0, 0.1) is 0 Å². The molecule has 0 unspecified atom stereocenters. The van der Waals surface area contributed by atoms with Crippen LogP contribution in [0.4, 0.5) is 10.5 Å². The van der Waals surface area contributed by atoms with Crippen LogP contribution < -0.4 is 10.1 Å². The molecule has 0 fully saturated rings. The predicted molar refractivity (Wildman–Crippen MR) is 153 cm³/mol. The Kier molecular flexibility index (Phi) is 9.70. The summed E-state index contributed by atoms with van der Waals surface area (Å²) in [5.74, 6) is -0.0510. The fourth-order valence-electron chi connectivity index (χ4n) is 3.82. The van der Waals surface area contributed by atoms with Crippen LogP contribution >= 0.6 is 0 Å². The van der Waals surface area contributed by atoms with Crippen LogP contribution in [-0.2, 0) is 20.3 Å². The molecule has 0 atom stereocenters. The molecule has 0 aliphatic rings.